The lowest BCUT2D eigenvalue weighted by Gasteiger charge is -2.32. The van der Waals surface area contributed by atoms with Crippen molar-refractivity contribution >= 4 is 5.91 Å². The van der Waals surface area contributed by atoms with E-state index in [1.165, 1.54) is 12.8 Å². The molecule has 0 spiro atoms. The lowest BCUT2D eigenvalue weighted by atomic mass is 9.93. The number of nitrogens with zero attached hydrogens (tertiary/aromatic N) is 4. The number of aryl methyl sites for hydroxylation is 2. The molecule has 2 aliphatic carbocycles. The average molecular weight is 358 g/mol. The van der Waals surface area contributed by atoms with Gasteiger partial charge in [0, 0.05) is 45.5 Å². The van der Waals surface area contributed by atoms with Crippen LogP contribution in [0.5, 0.6) is 0 Å². The molecule has 1 amide bonds. The number of ether oxygens (including phenoxy) is 1. The van der Waals surface area contributed by atoms with Gasteiger partial charge in [-0.2, -0.15) is 5.10 Å². The van der Waals surface area contributed by atoms with E-state index in [-0.39, 0.29) is 5.91 Å². The Balaban J connectivity index is 1.44. The number of hydrogen-bond donors (Lipinski definition) is 0. The maximum absolute atomic E-state index is 13.2. The van der Waals surface area contributed by atoms with E-state index in [0.717, 1.165) is 57.5 Å². The first-order valence-corrected chi connectivity index (χ1v) is 9.88. The Morgan fingerprint density at radius 1 is 1.31 bits per heavy atom. The Labute approximate surface area is 155 Å². The summed E-state index contributed by atoms with van der Waals surface area (Å²) >= 11 is 0. The van der Waals surface area contributed by atoms with E-state index in [1.54, 1.807) is 4.68 Å². The first-order valence-electron chi connectivity index (χ1n) is 9.88. The summed E-state index contributed by atoms with van der Waals surface area (Å²) in [6, 6.07) is 1.91. The van der Waals surface area contributed by atoms with Crippen LogP contribution in [0, 0.1) is 24.7 Å². The summed E-state index contributed by atoms with van der Waals surface area (Å²) in [7, 11) is 1.89. The standard InChI is InChI=1S/C20H30N4O2/c1-15-11-19(21-22(15)2)20(25)24(6-5-23-7-9-26-10-8-23)14-18-13-16-3-4-17(18)12-16/h3-4,11,16-18H,5-10,12-14H2,1-2H3/t16-,17+,18+/m1/s1. The number of aromatic nitrogens is 2. The molecule has 2 bridgehead atoms. The number of allylic oxidation sites excluding steroid dienone is 2. The highest BCUT2D eigenvalue weighted by Crippen LogP contribution is 2.43. The molecule has 142 valence electrons. The van der Waals surface area contributed by atoms with E-state index in [0.29, 0.717) is 17.5 Å². The summed E-state index contributed by atoms with van der Waals surface area (Å²) in [4.78, 5) is 17.6. The molecule has 6 nitrogen and oxygen atoms in total. The molecule has 0 aromatic carbocycles. The van der Waals surface area contributed by atoms with Crippen LogP contribution in [0.3, 0.4) is 0 Å². The smallest absolute Gasteiger partial charge is 0.274 e. The highest BCUT2D eigenvalue weighted by molar-refractivity contribution is 5.92. The molecule has 26 heavy (non-hydrogen) atoms. The molecule has 0 radical (unpaired) electrons. The van der Waals surface area contributed by atoms with E-state index in [4.69, 9.17) is 4.74 Å². The fourth-order valence-corrected chi connectivity index (χ4v) is 4.58. The Kier molecular flexibility index (Phi) is 5.14. The topological polar surface area (TPSA) is 50.6 Å². The SMILES string of the molecule is Cc1cc(C(=O)N(CCN2CCOCC2)C[C@@H]2C[C@@H]3C=C[C@H]2C3)nn1C. The van der Waals surface area contributed by atoms with Crippen LogP contribution in [0.15, 0.2) is 18.2 Å². The fourth-order valence-electron chi connectivity index (χ4n) is 4.58. The Morgan fingerprint density at radius 2 is 2.12 bits per heavy atom. The van der Waals surface area contributed by atoms with Crippen LogP contribution in [-0.4, -0.2) is 71.4 Å². The predicted molar refractivity (Wildman–Crippen MR) is 100.0 cm³/mol. The van der Waals surface area contributed by atoms with Crippen molar-refractivity contribution in [1.29, 1.82) is 0 Å². The number of carbonyl (C=O) groups is 1. The molecule has 1 aromatic heterocycles. The molecule has 1 aliphatic heterocycles. The zero-order valence-electron chi connectivity index (χ0n) is 15.9. The van der Waals surface area contributed by atoms with Crippen LogP contribution >= 0.6 is 0 Å². The number of hydrogen-bond acceptors (Lipinski definition) is 4. The minimum absolute atomic E-state index is 0.0775. The van der Waals surface area contributed by atoms with E-state index in [9.17, 15) is 4.79 Å². The van der Waals surface area contributed by atoms with Gasteiger partial charge in [-0.25, -0.2) is 0 Å². The van der Waals surface area contributed by atoms with Gasteiger partial charge < -0.3 is 9.64 Å². The highest BCUT2D eigenvalue weighted by Gasteiger charge is 2.37. The van der Waals surface area contributed by atoms with Gasteiger partial charge in [0.15, 0.2) is 5.69 Å². The number of rotatable bonds is 6. The van der Waals surface area contributed by atoms with Crippen LogP contribution < -0.4 is 0 Å². The average Bonchev–Trinajstić information content (AvgIpc) is 3.35. The van der Waals surface area contributed by atoms with Gasteiger partial charge in [0.2, 0.25) is 0 Å². The zero-order valence-corrected chi connectivity index (χ0v) is 15.9. The molecular weight excluding hydrogens is 328 g/mol. The first-order chi connectivity index (χ1) is 12.6. The van der Waals surface area contributed by atoms with Gasteiger partial charge in [-0.3, -0.25) is 14.4 Å². The Morgan fingerprint density at radius 3 is 2.73 bits per heavy atom. The number of morpholine rings is 1. The Bertz CT molecular complexity index is 658. The molecule has 1 saturated carbocycles. The lowest BCUT2D eigenvalue weighted by molar-refractivity contribution is 0.0312. The predicted octanol–water partition coefficient (Wildman–Crippen LogP) is 1.72. The van der Waals surface area contributed by atoms with Crippen molar-refractivity contribution in [1.82, 2.24) is 19.6 Å². The molecule has 3 aliphatic rings. The van der Waals surface area contributed by atoms with Crippen LogP contribution in [0.4, 0.5) is 0 Å². The third-order valence-corrected chi connectivity index (χ3v) is 6.28. The summed E-state index contributed by atoms with van der Waals surface area (Å²) in [6.07, 6.45) is 7.24. The zero-order chi connectivity index (χ0) is 18.1. The first kappa shape index (κ1) is 17.7. The molecule has 2 heterocycles. The molecule has 3 atom stereocenters. The normalized spacial score (nSPS) is 28.0. The summed E-state index contributed by atoms with van der Waals surface area (Å²) in [6.45, 7) is 8.04. The second-order valence-corrected chi connectivity index (χ2v) is 8.04. The second kappa shape index (κ2) is 7.53. The van der Waals surface area contributed by atoms with Gasteiger partial charge in [0.25, 0.3) is 5.91 Å². The maximum atomic E-state index is 13.2. The molecule has 0 N–H and O–H groups in total. The molecule has 2 fully saturated rings. The van der Waals surface area contributed by atoms with Gasteiger partial charge in [0.1, 0.15) is 0 Å². The quantitative estimate of drug-likeness (QED) is 0.727. The Hall–Kier alpha value is -1.66. The summed E-state index contributed by atoms with van der Waals surface area (Å²) in [5.41, 5.74) is 1.59. The van der Waals surface area contributed by atoms with Crippen molar-refractivity contribution in [2.45, 2.75) is 19.8 Å². The second-order valence-electron chi connectivity index (χ2n) is 8.04. The van der Waals surface area contributed by atoms with Crippen molar-refractivity contribution in [3.63, 3.8) is 0 Å². The number of carbonyl (C=O) groups excluding carboxylic acids is 1. The molecule has 4 rings (SSSR count). The highest BCUT2D eigenvalue weighted by atomic mass is 16.5. The molecule has 1 aromatic rings. The van der Waals surface area contributed by atoms with Gasteiger partial charge in [-0.15, -0.1) is 0 Å². The van der Waals surface area contributed by atoms with Crippen molar-refractivity contribution < 1.29 is 9.53 Å². The third kappa shape index (κ3) is 3.71. The van der Waals surface area contributed by atoms with E-state index in [1.807, 2.05) is 20.0 Å². The summed E-state index contributed by atoms with van der Waals surface area (Å²) < 4.78 is 7.22. The van der Waals surface area contributed by atoms with Crippen LogP contribution in [-0.2, 0) is 11.8 Å². The minimum atomic E-state index is 0.0775. The monoisotopic (exact) mass is 358 g/mol. The van der Waals surface area contributed by atoms with Crippen LogP contribution in [0.2, 0.25) is 0 Å². The van der Waals surface area contributed by atoms with Crippen molar-refractivity contribution in [3.05, 3.63) is 29.6 Å². The fraction of sp³-hybridized carbons (Fsp3) is 0.700. The number of amides is 1. The van der Waals surface area contributed by atoms with Gasteiger partial charge in [-0.1, -0.05) is 12.2 Å². The van der Waals surface area contributed by atoms with Crippen LogP contribution in [0.1, 0.15) is 29.0 Å². The third-order valence-electron chi connectivity index (χ3n) is 6.28. The molecular formula is C20H30N4O2. The molecule has 6 heteroatoms. The van der Waals surface area contributed by atoms with Gasteiger partial charge >= 0.3 is 0 Å². The van der Waals surface area contributed by atoms with E-state index < -0.39 is 0 Å². The lowest BCUT2D eigenvalue weighted by Crippen LogP contribution is -2.45. The summed E-state index contributed by atoms with van der Waals surface area (Å²) in [5, 5.41) is 4.43. The van der Waals surface area contributed by atoms with Gasteiger partial charge in [0.05, 0.1) is 13.2 Å². The molecule has 0 unspecified atom stereocenters. The molecule has 1 saturated heterocycles. The van der Waals surface area contributed by atoms with Crippen molar-refractivity contribution in [3.8, 4) is 0 Å². The van der Waals surface area contributed by atoms with Crippen molar-refractivity contribution in [2.75, 3.05) is 45.9 Å². The van der Waals surface area contributed by atoms with Crippen LogP contribution in [0.25, 0.3) is 0 Å². The largest absolute Gasteiger partial charge is 0.379 e. The summed E-state index contributed by atoms with van der Waals surface area (Å²) in [5.74, 6) is 2.07. The van der Waals surface area contributed by atoms with E-state index >= 15 is 0 Å². The van der Waals surface area contributed by atoms with Gasteiger partial charge in [-0.05, 0) is 43.6 Å². The minimum Gasteiger partial charge on any atom is -0.379 e. The maximum Gasteiger partial charge on any atom is 0.274 e. The van der Waals surface area contributed by atoms with Crippen molar-refractivity contribution in [2.24, 2.45) is 24.8 Å². The van der Waals surface area contributed by atoms with E-state index in [2.05, 4.69) is 27.1 Å². The number of fused-ring (bicyclic) bond motifs is 2.